The van der Waals surface area contributed by atoms with Gasteiger partial charge < -0.3 is 4.42 Å². The highest BCUT2D eigenvalue weighted by atomic mass is 32.2. The molecule has 0 bridgehead atoms. The van der Waals surface area contributed by atoms with Crippen molar-refractivity contribution in [2.75, 3.05) is 0 Å². The number of amides is 1. The van der Waals surface area contributed by atoms with Gasteiger partial charge in [0.25, 0.3) is 5.91 Å². The number of carbonyl (C=O) groups excluding carboxylic acids is 1. The Balaban J connectivity index is 1.95. The van der Waals surface area contributed by atoms with Crippen LogP contribution in [0.5, 0.6) is 0 Å². The highest BCUT2D eigenvalue weighted by Gasteiger charge is 2.29. The van der Waals surface area contributed by atoms with Gasteiger partial charge in [-0.2, -0.15) is 4.72 Å². The molecular weight excluding hydrogens is 356 g/mol. The Morgan fingerprint density at radius 3 is 2.62 bits per heavy atom. The average Bonchev–Trinajstić information content (AvgIpc) is 2.79. The van der Waals surface area contributed by atoms with Crippen molar-refractivity contribution in [1.29, 1.82) is 0 Å². The Morgan fingerprint density at radius 2 is 1.92 bits per heavy atom. The maximum Gasteiger partial charge on any atom is 0.261 e. The van der Waals surface area contributed by atoms with Crippen molar-refractivity contribution in [3.05, 3.63) is 29.5 Å². The van der Waals surface area contributed by atoms with Gasteiger partial charge in [0, 0.05) is 23.4 Å². The topological polar surface area (TPSA) is 109 Å². The first-order valence-electron chi connectivity index (χ1n) is 8.84. The fourth-order valence-corrected chi connectivity index (χ4v) is 4.74. The monoisotopic (exact) mass is 380 g/mol. The van der Waals surface area contributed by atoms with Gasteiger partial charge >= 0.3 is 0 Å². The minimum Gasteiger partial charge on any atom is -0.461 e. The van der Waals surface area contributed by atoms with E-state index in [2.05, 4.69) is 4.72 Å². The first-order chi connectivity index (χ1) is 12.3. The molecule has 1 unspecified atom stereocenters. The third-order valence-electron chi connectivity index (χ3n) is 4.83. The normalized spacial score (nSPS) is 16.3. The summed E-state index contributed by atoms with van der Waals surface area (Å²) in [4.78, 5) is 11.8. The first kappa shape index (κ1) is 18.9. The number of aryl methyl sites for hydroxylation is 2. The summed E-state index contributed by atoms with van der Waals surface area (Å²) in [5.74, 6) is -0.186. The Labute approximate surface area is 152 Å². The molecule has 3 N–H and O–H groups in total. The zero-order chi connectivity index (χ0) is 18.9. The predicted octanol–water partition coefficient (Wildman–Crippen LogP) is 2.51. The van der Waals surface area contributed by atoms with Crippen LogP contribution in [0.3, 0.4) is 0 Å². The minimum atomic E-state index is -3.94. The summed E-state index contributed by atoms with van der Waals surface area (Å²) >= 11 is 0. The number of furan rings is 1. The highest BCUT2D eigenvalue weighted by molar-refractivity contribution is 7.89. The standard InChI is InChI=1S/C18H24N2O5S/c1-11(2)17(18(21)19-22)20-26(23,24)12-8-9-14-13-6-4-3-5-7-15(13)25-16(14)10-12/h8-11,17,20,22H,3-7H2,1-2H3,(H,19,21). The number of hydrogen-bond acceptors (Lipinski definition) is 5. The van der Waals surface area contributed by atoms with E-state index in [0.29, 0.717) is 5.58 Å². The number of hydrogen-bond donors (Lipinski definition) is 3. The van der Waals surface area contributed by atoms with E-state index >= 15 is 0 Å². The Hall–Kier alpha value is -1.90. The molecule has 0 fully saturated rings. The first-order valence-corrected chi connectivity index (χ1v) is 10.3. The molecular formula is C18H24N2O5S. The summed E-state index contributed by atoms with van der Waals surface area (Å²) in [6.07, 6.45) is 5.17. The molecule has 3 rings (SSSR count). The van der Waals surface area contributed by atoms with Crippen LogP contribution in [0.1, 0.15) is 44.4 Å². The molecule has 1 aliphatic carbocycles. The fraction of sp³-hybridized carbons (Fsp3) is 0.500. The van der Waals surface area contributed by atoms with E-state index < -0.39 is 22.0 Å². The Kier molecular flexibility index (Phi) is 5.36. The number of sulfonamides is 1. The Morgan fingerprint density at radius 1 is 1.19 bits per heavy atom. The summed E-state index contributed by atoms with van der Waals surface area (Å²) < 4.78 is 33.7. The molecule has 26 heavy (non-hydrogen) atoms. The quantitative estimate of drug-likeness (QED) is 0.420. The van der Waals surface area contributed by atoms with Gasteiger partial charge in [-0.25, -0.2) is 13.9 Å². The van der Waals surface area contributed by atoms with Gasteiger partial charge in [-0.3, -0.25) is 10.0 Å². The zero-order valence-corrected chi connectivity index (χ0v) is 15.7. The molecule has 0 aliphatic heterocycles. The van der Waals surface area contributed by atoms with E-state index in [1.807, 2.05) is 0 Å². The van der Waals surface area contributed by atoms with Crippen molar-refractivity contribution >= 4 is 26.9 Å². The average molecular weight is 380 g/mol. The maximum absolute atomic E-state index is 12.7. The van der Waals surface area contributed by atoms with Crippen LogP contribution in [0.15, 0.2) is 27.5 Å². The van der Waals surface area contributed by atoms with Crippen LogP contribution in [0.25, 0.3) is 11.0 Å². The number of carbonyl (C=O) groups is 1. The Bertz CT molecular complexity index is 917. The van der Waals surface area contributed by atoms with E-state index in [9.17, 15) is 13.2 Å². The lowest BCUT2D eigenvalue weighted by atomic mass is 10.1. The van der Waals surface area contributed by atoms with E-state index in [0.717, 1.165) is 36.8 Å². The van der Waals surface area contributed by atoms with Crippen molar-refractivity contribution in [3.8, 4) is 0 Å². The largest absolute Gasteiger partial charge is 0.461 e. The lowest BCUT2D eigenvalue weighted by Gasteiger charge is -2.20. The van der Waals surface area contributed by atoms with E-state index in [-0.39, 0.29) is 10.8 Å². The molecule has 142 valence electrons. The molecule has 0 radical (unpaired) electrons. The summed E-state index contributed by atoms with van der Waals surface area (Å²) in [5.41, 5.74) is 3.23. The minimum absolute atomic E-state index is 0.0327. The number of fused-ring (bicyclic) bond motifs is 3. The summed E-state index contributed by atoms with van der Waals surface area (Å²) in [6, 6.07) is 3.72. The van der Waals surface area contributed by atoms with Gasteiger partial charge in [0.2, 0.25) is 10.0 Å². The number of rotatable bonds is 5. The van der Waals surface area contributed by atoms with Crippen LogP contribution in [0.4, 0.5) is 0 Å². The summed E-state index contributed by atoms with van der Waals surface area (Å²) in [7, 11) is -3.94. The van der Waals surface area contributed by atoms with Gasteiger partial charge in [-0.1, -0.05) is 20.3 Å². The third-order valence-corrected chi connectivity index (χ3v) is 6.27. The summed E-state index contributed by atoms with van der Waals surface area (Å²) in [6.45, 7) is 3.38. The molecule has 1 aliphatic rings. The second-order valence-electron chi connectivity index (χ2n) is 7.04. The van der Waals surface area contributed by atoms with E-state index in [1.54, 1.807) is 19.9 Å². The van der Waals surface area contributed by atoms with Crippen LogP contribution in [-0.2, 0) is 27.7 Å². The number of hydroxylamine groups is 1. The van der Waals surface area contributed by atoms with Gasteiger partial charge in [-0.15, -0.1) is 0 Å². The fourth-order valence-electron chi connectivity index (χ4n) is 3.39. The predicted molar refractivity (Wildman–Crippen MR) is 96.3 cm³/mol. The van der Waals surface area contributed by atoms with Crippen molar-refractivity contribution in [2.45, 2.75) is 56.9 Å². The molecule has 1 aromatic heterocycles. The lowest BCUT2D eigenvalue weighted by Crippen LogP contribution is -2.48. The van der Waals surface area contributed by atoms with Crippen molar-refractivity contribution in [1.82, 2.24) is 10.2 Å². The molecule has 7 nitrogen and oxygen atoms in total. The van der Waals surface area contributed by atoms with Gasteiger partial charge in [0.1, 0.15) is 17.4 Å². The van der Waals surface area contributed by atoms with E-state index in [1.165, 1.54) is 29.6 Å². The van der Waals surface area contributed by atoms with Crippen molar-refractivity contribution in [3.63, 3.8) is 0 Å². The molecule has 2 aromatic rings. The van der Waals surface area contributed by atoms with Crippen LogP contribution in [0, 0.1) is 5.92 Å². The van der Waals surface area contributed by atoms with Gasteiger partial charge in [0.15, 0.2) is 0 Å². The van der Waals surface area contributed by atoms with Gasteiger partial charge in [-0.05, 0) is 37.3 Å². The SMILES string of the molecule is CC(C)C(NS(=O)(=O)c1ccc2c3c(oc2c1)CCCCC3)C(=O)NO. The number of benzene rings is 1. The smallest absolute Gasteiger partial charge is 0.261 e. The van der Waals surface area contributed by atoms with E-state index in [4.69, 9.17) is 9.62 Å². The zero-order valence-electron chi connectivity index (χ0n) is 14.9. The maximum atomic E-state index is 12.7. The lowest BCUT2D eigenvalue weighted by molar-refractivity contribution is -0.131. The molecule has 1 atom stereocenters. The molecule has 0 saturated carbocycles. The molecule has 8 heteroatoms. The molecule has 0 saturated heterocycles. The molecule has 0 spiro atoms. The third kappa shape index (κ3) is 3.62. The van der Waals surface area contributed by atoms with Gasteiger partial charge in [0.05, 0.1) is 4.90 Å². The van der Waals surface area contributed by atoms with Crippen molar-refractivity contribution in [2.24, 2.45) is 5.92 Å². The molecule has 1 amide bonds. The van der Waals surface area contributed by atoms with Crippen LogP contribution < -0.4 is 10.2 Å². The van der Waals surface area contributed by atoms with Crippen molar-refractivity contribution < 1.29 is 22.8 Å². The second kappa shape index (κ2) is 7.38. The molecule has 1 heterocycles. The number of nitrogens with one attached hydrogen (secondary N) is 2. The molecule has 1 aromatic carbocycles. The van der Waals surface area contributed by atoms with Crippen LogP contribution in [0.2, 0.25) is 0 Å². The highest BCUT2D eigenvalue weighted by Crippen LogP contribution is 2.32. The summed E-state index contributed by atoms with van der Waals surface area (Å²) in [5, 5.41) is 9.78. The second-order valence-corrected chi connectivity index (χ2v) is 8.76. The van der Waals surface area contributed by atoms with Crippen LogP contribution in [-0.4, -0.2) is 25.6 Å². The van der Waals surface area contributed by atoms with Crippen LogP contribution >= 0.6 is 0 Å².